The Morgan fingerprint density at radius 1 is 1.17 bits per heavy atom. The molecule has 9 nitrogen and oxygen atoms in total. The van der Waals surface area contributed by atoms with Gasteiger partial charge >= 0.3 is 6.18 Å². The van der Waals surface area contributed by atoms with Crippen LogP contribution in [0.3, 0.4) is 0 Å². The number of carbonyl (C=O) groups excluding carboxylic acids is 1. The summed E-state index contributed by atoms with van der Waals surface area (Å²) in [5.41, 5.74) is 3.44. The fourth-order valence-electron chi connectivity index (χ4n) is 3.79. The molecule has 1 aromatic heterocycles. The van der Waals surface area contributed by atoms with Gasteiger partial charge in [-0.1, -0.05) is 6.07 Å². The highest BCUT2D eigenvalue weighted by Gasteiger charge is 2.33. The monoisotopic (exact) mass is 488 g/mol. The van der Waals surface area contributed by atoms with Crippen molar-refractivity contribution < 1.29 is 32.4 Å². The van der Waals surface area contributed by atoms with Gasteiger partial charge in [0.15, 0.2) is 11.5 Å². The van der Waals surface area contributed by atoms with E-state index >= 15 is 0 Å². The molecule has 0 fully saturated rings. The predicted molar refractivity (Wildman–Crippen MR) is 119 cm³/mol. The Morgan fingerprint density at radius 3 is 2.63 bits per heavy atom. The molecule has 1 amide bonds. The summed E-state index contributed by atoms with van der Waals surface area (Å²) in [5.74, 6) is 0.581. The molecule has 182 valence electrons. The van der Waals surface area contributed by atoms with E-state index in [1.54, 1.807) is 0 Å². The first-order valence-electron chi connectivity index (χ1n) is 10.3. The molecule has 4 rings (SSSR count). The van der Waals surface area contributed by atoms with Crippen LogP contribution in [0.25, 0.3) is 5.69 Å². The molecule has 35 heavy (non-hydrogen) atoms. The summed E-state index contributed by atoms with van der Waals surface area (Å²) in [6.45, 7) is 3.93. The van der Waals surface area contributed by atoms with Gasteiger partial charge in [-0.05, 0) is 38.1 Å². The highest BCUT2D eigenvalue weighted by atomic mass is 19.4. The van der Waals surface area contributed by atoms with Crippen LogP contribution in [-0.2, 0) is 17.4 Å². The van der Waals surface area contributed by atoms with Gasteiger partial charge in [0.2, 0.25) is 12.7 Å². The molecule has 1 aliphatic heterocycles. The lowest BCUT2D eigenvalue weighted by molar-refractivity contribution is -0.385. The average Bonchev–Trinajstić information content (AvgIpc) is 3.36. The highest BCUT2D eigenvalue weighted by Crippen LogP contribution is 2.35. The molecule has 0 radical (unpaired) electrons. The fraction of sp³-hybridized carbons (Fsp3) is 0.217. The van der Waals surface area contributed by atoms with Gasteiger partial charge in [0.05, 0.1) is 23.1 Å². The number of hydrogen-bond donors (Lipinski definition) is 1. The van der Waals surface area contributed by atoms with E-state index in [1.807, 2.05) is 42.7 Å². The van der Waals surface area contributed by atoms with Gasteiger partial charge in [0.25, 0.3) is 5.69 Å². The third-order valence-electron chi connectivity index (χ3n) is 5.44. The second-order valence-electron chi connectivity index (χ2n) is 7.77. The van der Waals surface area contributed by atoms with Crippen molar-refractivity contribution in [3.8, 4) is 17.2 Å². The fourth-order valence-corrected chi connectivity index (χ4v) is 3.79. The van der Waals surface area contributed by atoms with Gasteiger partial charge in [-0.15, -0.1) is 0 Å². The summed E-state index contributed by atoms with van der Waals surface area (Å²) in [6, 6.07) is 9.43. The smallest absolute Gasteiger partial charge is 0.416 e. The minimum absolute atomic E-state index is 0.156. The lowest BCUT2D eigenvalue weighted by Gasteiger charge is -2.10. The number of nitrogens with zero attached hydrogens (tertiary/aromatic N) is 3. The molecule has 1 N–H and O–H groups in total. The zero-order valence-corrected chi connectivity index (χ0v) is 18.5. The molecule has 0 saturated carbocycles. The van der Waals surface area contributed by atoms with Crippen molar-refractivity contribution in [2.45, 2.75) is 26.4 Å². The van der Waals surface area contributed by atoms with E-state index in [1.165, 1.54) is 6.21 Å². The number of halogens is 3. The van der Waals surface area contributed by atoms with Gasteiger partial charge in [-0.25, -0.2) is 5.43 Å². The van der Waals surface area contributed by atoms with Crippen molar-refractivity contribution in [2.24, 2.45) is 5.10 Å². The number of hydrazone groups is 1. The van der Waals surface area contributed by atoms with Crippen molar-refractivity contribution >= 4 is 17.8 Å². The minimum atomic E-state index is -4.73. The quantitative estimate of drug-likeness (QED) is 0.314. The lowest BCUT2D eigenvalue weighted by Crippen LogP contribution is -2.20. The number of benzene rings is 2. The highest BCUT2D eigenvalue weighted by molar-refractivity contribution is 5.85. The summed E-state index contributed by atoms with van der Waals surface area (Å²) in [5, 5.41) is 15.1. The predicted octanol–water partition coefficient (Wildman–Crippen LogP) is 4.44. The molecule has 1 aliphatic rings. The Labute approximate surface area is 196 Å². The summed E-state index contributed by atoms with van der Waals surface area (Å²) < 4.78 is 51.3. The van der Waals surface area contributed by atoms with Crippen LogP contribution in [-0.4, -0.2) is 28.4 Å². The van der Waals surface area contributed by atoms with Gasteiger partial charge < -0.3 is 14.0 Å². The first-order chi connectivity index (χ1) is 16.5. The number of aromatic nitrogens is 1. The van der Waals surface area contributed by atoms with Crippen LogP contribution in [0.4, 0.5) is 18.9 Å². The zero-order valence-electron chi connectivity index (χ0n) is 18.5. The molecule has 3 aromatic rings. The Bertz CT molecular complexity index is 1350. The van der Waals surface area contributed by atoms with Crippen LogP contribution in [0, 0.1) is 24.0 Å². The van der Waals surface area contributed by atoms with E-state index in [-0.39, 0.29) is 12.4 Å². The second-order valence-corrected chi connectivity index (χ2v) is 7.77. The molecular formula is C23H19F3N4O5. The maximum atomic E-state index is 12.8. The third-order valence-corrected chi connectivity index (χ3v) is 5.44. The number of amides is 1. The van der Waals surface area contributed by atoms with E-state index in [4.69, 9.17) is 9.47 Å². The largest absolute Gasteiger partial charge is 0.454 e. The number of rotatable bonds is 6. The maximum absolute atomic E-state index is 12.8. The van der Waals surface area contributed by atoms with E-state index in [0.29, 0.717) is 29.2 Å². The summed E-state index contributed by atoms with van der Waals surface area (Å²) >= 11 is 0. The van der Waals surface area contributed by atoms with Crippen molar-refractivity contribution in [3.05, 3.63) is 80.7 Å². The first-order valence-corrected chi connectivity index (χ1v) is 10.3. The number of aryl methyl sites for hydroxylation is 1. The Hall–Kier alpha value is -4.35. The molecule has 12 heteroatoms. The van der Waals surface area contributed by atoms with Crippen LogP contribution in [0.1, 0.15) is 28.1 Å². The standard InChI is InChI=1S/C23H19F3N4O5/c1-13-7-16(14(2)29(13)18-5-6-20-21(10-18)35-12-34-20)11-27-28-22(31)8-15-3-4-17(23(24,25)26)9-19(15)30(32)33/h3-7,9-11H,8,12H2,1-2H3,(H,28,31)/b27-11-. The lowest BCUT2D eigenvalue weighted by atomic mass is 10.1. The number of nitro groups is 1. The van der Waals surface area contributed by atoms with Crippen LogP contribution < -0.4 is 14.9 Å². The molecule has 2 aromatic carbocycles. The van der Waals surface area contributed by atoms with E-state index in [2.05, 4.69) is 10.5 Å². The second kappa shape index (κ2) is 9.12. The van der Waals surface area contributed by atoms with Gasteiger partial charge in [0, 0.05) is 40.3 Å². The Morgan fingerprint density at radius 2 is 1.91 bits per heavy atom. The van der Waals surface area contributed by atoms with E-state index in [0.717, 1.165) is 23.1 Å². The number of nitro benzene ring substituents is 1. The number of carbonyl (C=O) groups is 1. The molecule has 0 bridgehead atoms. The van der Waals surface area contributed by atoms with E-state index in [9.17, 15) is 28.1 Å². The van der Waals surface area contributed by atoms with Crippen LogP contribution >= 0.6 is 0 Å². The van der Waals surface area contributed by atoms with E-state index < -0.39 is 34.7 Å². The van der Waals surface area contributed by atoms with Crippen molar-refractivity contribution in [3.63, 3.8) is 0 Å². The van der Waals surface area contributed by atoms with Gasteiger partial charge in [0.1, 0.15) is 0 Å². The summed E-state index contributed by atoms with van der Waals surface area (Å²) in [4.78, 5) is 22.5. The third kappa shape index (κ3) is 4.95. The molecule has 0 spiro atoms. The number of ether oxygens (including phenoxy) is 2. The van der Waals surface area contributed by atoms with Crippen LogP contribution in [0.2, 0.25) is 0 Å². The maximum Gasteiger partial charge on any atom is 0.416 e. The molecule has 0 aliphatic carbocycles. The summed E-state index contributed by atoms with van der Waals surface area (Å²) in [6.07, 6.45) is -3.82. The number of nitrogens with one attached hydrogen (secondary N) is 1. The molecule has 0 saturated heterocycles. The van der Waals surface area contributed by atoms with Crippen molar-refractivity contribution in [2.75, 3.05) is 6.79 Å². The van der Waals surface area contributed by atoms with Gasteiger partial charge in [-0.2, -0.15) is 18.3 Å². The van der Waals surface area contributed by atoms with Crippen molar-refractivity contribution in [1.82, 2.24) is 9.99 Å². The number of alkyl halides is 3. The van der Waals surface area contributed by atoms with Gasteiger partial charge in [-0.3, -0.25) is 14.9 Å². The molecule has 0 unspecified atom stereocenters. The first kappa shape index (κ1) is 23.8. The van der Waals surface area contributed by atoms with Crippen LogP contribution in [0.5, 0.6) is 11.5 Å². The Kier molecular flexibility index (Phi) is 6.20. The topological polar surface area (TPSA) is 108 Å². The Balaban J connectivity index is 1.47. The SMILES string of the molecule is Cc1cc(/C=N\NC(=O)Cc2ccc(C(F)(F)F)cc2[N+](=O)[O-])c(C)n1-c1ccc2c(c1)OCO2. The van der Waals surface area contributed by atoms with Crippen molar-refractivity contribution in [1.29, 1.82) is 0 Å². The minimum Gasteiger partial charge on any atom is -0.454 e. The molecule has 0 atom stereocenters. The normalized spacial score (nSPS) is 12.8. The summed E-state index contributed by atoms with van der Waals surface area (Å²) in [7, 11) is 0. The average molecular weight is 488 g/mol. The molecular weight excluding hydrogens is 469 g/mol. The van der Waals surface area contributed by atoms with Crippen LogP contribution in [0.15, 0.2) is 47.6 Å². The zero-order chi connectivity index (χ0) is 25.3. The molecule has 2 heterocycles. The number of hydrogen-bond acceptors (Lipinski definition) is 6. The number of fused-ring (bicyclic) bond motifs is 1.